The van der Waals surface area contributed by atoms with Crippen LogP contribution in [0.4, 0.5) is 0 Å². The topological polar surface area (TPSA) is 143 Å². The van der Waals surface area contributed by atoms with Crippen LogP contribution in [0, 0.1) is 26.7 Å². The van der Waals surface area contributed by atoms with Crippen molar-refractivity contribution in [2.24, 2.45) is 11.7 Å². The van der Waals surface area contributed by atoms with Crippen LogP contribution >= 0.6 is 70.1 Å². The van der Waals surface area contributed by atoms with Crippen LogP contribution in [-0.4, -0.2) is 91.0 Å². The summed E-state index contributed by atoms with van der Waals surface area (Å²) in [5.74, 6) is 1.35. The molecular weight excluding hydrogens is 1110 g/mol. The van der Waals surface area contributed by atoms with E-state index in [1.165, 1.54) is 12.8 Å². The van der Waals surface area contributed by atoms with Crippen molar-refractivity contribution in [1.29, 1.82) is 0 Å². The van der Waals surface area contributed by atoms with Gasteiger partial charge in [-0.25, -0.2) is 15.0 Å². The standard InChI is InChI=1S/2C21H25ClN2OS.C20H22ClN3O2S/c1-14-7-4-12-19(20(14)22)26-13-17-10-6-11-18(23-17)21(25)24-15(2)8-5-9-16(24)3;1-3-17-10-4-5-13-24(17)21(25)18-11-7-9-16(23-18)14-26-19-12-6-8-15(2)20(19)22;1-13-5-2-9-17(18(13)21)27-12-15-7-3-8-16(23-15)20(26)24-10-4-6-14(11-24)19(22)25/h4,6-7,10-12,15-16H,5,8-9,13H2,1-3H3;6-9,11-12,17H,3-5,10,13-14H2,1-2H3;2-3,5,7-9,14H,4,6,10-12H2,1H3,(H2,22,25). The number of aryl methyl sites for hydroxylation is 3. The average Bonchev–Trinajstić information content (AvgIpc) is 3.46. The number of carbonyl (C=O) groups excluding carboxylic acids is 4. The molecule has 0 aliphatic carbocycles. The van der Waals surface area contributed by atoms with Gasteiger partial charge < -0.3 is 20.4 Å². The first-order valence-corrected chi connectivity index (χ1v) is 31.4. The van der Waals surface area contributed by atoms with Crippen LogP contribution in [0.25, 0.3) is 0 Å². The molecule has 3 saturated heterocycles. The smallest absolute Gasteiger partial charge is 0.272 e. The van der Waals surface area contributed by atoms with Gasteiger partial charge in [0, 0.05) is 69.7 Å². The van der Waals surface area contributed by atoms with Crippen LogP contribution < -0.4 is 5.73 Å². The number of aromatic nitrogens is 3. The van der Waals surface area contributed by atoms with E-state index in [9.17, 15) is 19.2 Å². The van der Waals surface area contributed by atoms with Crippen molar-refractivity contribution in [1.82, 2.24) is 29.7 Å². The summed E-state index contributed by atoms with van der Waals surface area (Å²) in [6.45, 7) is 14.2. The number of primary amides is 1. The summed E-state index contributed by atoms with van der Waals surface area (Å²) in [4.78, 5) is 72.7. The van der Waals surface area contributed by atoms with Crippen LogP contribution in [0.15, 0.2) is 124 Å². The number of nitrogens with zero attached hydrogens (tertiary/aromatic N) is 6. The molecule has 3 aliphatic rings. The van der Waals surface area contributed by atoms with Gasteiger partial charge in [0.2, 0.25) is 5.91 Å². The Kier molecular flexibility index (Phi) is 23.4. The fourth-order valence-corrected chi connectivity index (χ4v) is 13.7. The van der Waals surface area contributed by atoms with E-state index in [4.69, 9.17) is 40.5 Å². The van der Waals surface area contributed by atoms with Crippen molar-refractivity contribution in [2.45, 2.75) is 149 Å². The van der Waals surface area contributed by atoms with Crippen molar-refractivity contribution in [3.8, 4) is 0 Å². The molecule has 0 spiro atoms. The number of piperidine rings is 3. The van der Waals surface area contributed by atoms with Crippen LogP contribution in [0.1, 0.15) is 144 Å². The van der Waals surface area contributed by atoms with Crippen molar-refractivity contribution < 1.29 is 19.2 Å². The lowest BCUT2D eigenvalue weighted by molar-refractivity contribution is -0.123. The van der Waals surface area contributed by atoms with Crippen LogP contribution in [0.5, 0.6) is 0 Å². The monoisotopic (exact) mass is 1180 g/mol. The second kappa shape index (κ2) is 30.1. The number of rotatable bonds is 14. The minimum absolute atomic E-state index is 0.0464. The minimum atomic E-state index is -0.347. The molecule has 17 heteroatoms. The zero-order valence-electron chi connectivity index (χ0n) is 46.1. The summed E-state index contributed by atoms with van der Waals surface area (Å²) in [6, 6.07) is 35.8. The number of nitrogens with two attached hydrogens (primary N) is 1. The van der Waals surface area contributed by atoms with Gasteiger partial charge in [0.1, 0.15) is 17.1 Å². The fourth-order valence-electron chi connectivity index (χ4n) is 10.0. The maximum absolute atomic E-state index is 13.0. The first-order valence-electron chi connectivity index (χ1n) is 27.3. The molecule has 2 N–H and O–H groups in total. The Morgan fingerprint density at radius 3 is 1.41 bits per heavy atom. The Balaban J connectivity index is 0.000000172. The lowest BCUT2D eigenvalue weighted by Gasteiger charge is -2.38. The molecule has 3 fully saturated rings. The maximum Gasteiger partial charge on any atom is 0.272 e. The first kappa shape index (κ1) is 61.5. The number of benzene rings is 3. The third-order valence-corrected chi connectivity index (χ3v) is 19.7. The summed E-state index contributed by atoms with van der Waals surface area (Å²) in [7, 11) is 0. The highest BCUT2D eigenvalue weighted by Crippen LogP contribution is 2.35. The van der Waals surface area contributed by atoms with Crippen molar-refractivity contribution in [2.75, 3.05) is 19.6 Å². The number of likely N-dealkylation sites (tertiary alicyclic amines) is 3. The molecule has 6 heterocycles. The number of carbonyl (C=O) groups is 4. The molecule has 79 heavy (non-hydrogen) atoms. The van der Waals surface area contributed by atoms with E-state index < -0.39 is 0 Å². The maximum atomic E-state index is 13.0. The van der Waals surface area contributed by atoms with E-state index in [0.717, 1.165) is 115 Å². The van der Waals surface area contributed by atoms with E-state index >= 15 is 0 Å². The number of hydrogen-bond acceptors (Lipinski definition) is 10. The van der Waals surface area contributed by atoms with Gasteiger partial charge in [0.05, 0.1) is 38.1 Å². The number of pyridine rings is 3. The SMILES string of the molecule is CCC1CCCCN1C(=O)c1cccc(CSc2cccc(C)c2Cl)n1.Cc1cccc(SCc2cccc(C(=O)N3C(C)CCCC3C)n2)c1Cl.Cc1cccc(SCc2cccc(C(=O)N3CCCC(C(N)=O)C3)n2)c1Cl. The lowest BCUT2D eigenvalue weighted by Crippen LogP contribution is -2.47. The normalized spacial score (nSPS) is 18.2. The summed E-state index contributed by atoms with van der Waals surface area (Å²) in [5, 5.41) is 2.34. The van der Waals surface area contributed by atoms with Gasteiger partial charge in [-0.05, 0) is 164 Å². The Hall–Kier alpha value is -5.09. The van der Waals surface area contributed by atoms with Crippen LogP contribution in [-0.2, 0) is 22.1 Å². The van der Waals surface area contributed by atoms with Crippen LogP contribution in [0.2, 0.25) is 15.1 Å². The Labute approximate surface area is 494 Å². The molecule has 0 saturated carbocycles. The second-order valence-electron chi connectivity index (χ2n) is 20.5. The number of halogens is 3. The van der Waals surface area contributed by atoms with Crippen molar-refractivity contribution >= 4 is 93.7 Å². The van der Waals surface area contributed by atoms with Crippen molar-refractivity contribution in [3.05, 3.63) is 175 Å². The van der Waals surface area contributed by atoms with E-state index in [0.29, 0.717) is 53.5 Å². The van der Waals surface area contributed by atoms with Crippen molar-refractivity contribution in [3.63, 3.8) is 0 Å². The summed E-state index contributed by atoms with van der Waals surface area (Å²) in [5.41, 5.74) is 12.7. The highest BCUT2D eigenvalue weighted by atomic mass is 35.5. The van der Waals surface area contributed by atoms with Gasteiger partial charge in [0.15, 0.2) is 0 Å². The second-order valence-corrected chi connectivity index (χ2v) is 24.6. The van der Waals surface area contributed by atoms with E-state index in [1.54, 1.807) is 46.3 Å². The third-order valence-electron chi connectivity index (χ3n) is 14.6. The largest absolute Gasteiger partial charge is 0.369 e. The average molecular weight is 1180 g/mol. The Bertz CT molecular complexity index is 3070. The predicted molar refractivity (Wildman–Crippen MR) is 326 cm³/mol. The molecule has 3 aromatic heterocycles. The quantitative estimate of drug-likeness (QED) is 0.105. The summed E-state index contributed by atoms with van der Waals surface area (Å²) in [6.07, 6.45) is 9.24. The molecule has 4 unspecified atom stereocenters. The molecule has 0 radical (unpaired) electrons. The highest BCUT2D eigenvalue weighted by Gasteiger charge is 2.31. The highest BCUT2D eigenvalue weighted by molar-refractivity contribution is 7.99. The molecule has 3 aromatic carbocycles. The van der Waals surface area contributed by atoms with Gasteiger partial charge >= 0.3 is 0 Å². The summed E-state index contributed by atoms with van der Waals surface area (Å²) >= 11 is 24.0. The summed E-state index contributed by atoms with van der Waals surface area (Å²) < 4.78 is 0. The van der Waals surface area contributed by atoms with E-state index in [2.05, 4.69) is 35.7 Å². The molecule has 4 amide bonds. The molecule has 3 aliphatic heterocycles. The molecular formula is C62H72Cl3N7O4S3. The minimum Gasteiger partial charge on any atom is -0.369 e. The van der Waals surface area contributed by atoms with Gasteiger partial charge in [-0.3, -0.25) is 19.2 Å². The van der Waals surface area contributed by atoms with Gasteiger partial charge in [-0.2, -0.15) is 0 Å². The Morgan fingerprint density at radius 2 is 0.962 bits per heavy atom. The number of amides is 4. The molecule has 9 rings (SSSR count). The molecule has 11 nitrogen and oxygen atoms in total. The Morgan fingerprint density at radius 1 is 0.532 bits per heavy atom. The predicted octanol–water partition coefficient (Wildman–Crippen LogP) is 15.2. The zero-order chi connectivity index (χ0) is 56.6. The molecule has 4 atom stereocenters. The van der Waals surface area contributed by atoms with Gasteiger partial charge in [-0.15, -0.1) is 35.3 Å². The molecule has 6 aromatic rings. The lowest BCUT2D eigenvalue weighted by atomic mass is 9.97. The number of thioether (sulfide) groups is 3. The van der Waals surface area contributed by atoms with E-state index in [-0.39, 0.29) is 41.6 Å². The van der Waals surface area contributed by atoms with Gasteiger partial charge in [0.25, 0.3) is 17.7 Å². The zero-order valence-corrected chi connectivity index (χ0v) is 50.8. The third kappa shape index (κ3) is 17.0. The van der Waals surface area contributed by atoms with Gasteiger partial charge in [-0.1, -0.05) is 96.3 Å². The molecule has 0 bridgehead atoms. The fraction of sp³-hybridized carbons (Fsp3) is 0.403. The van der Waals surface area contributed by atoms with Crippen LogP contribution in [0.3, 0.4) is 0 Å². The number of hydrogen-bond donors (Lipinski definition) is 1. The first-order chi connectivity index (χ1) is 38.0. The van der Waals surface area contributed by atoms with E-state index in [1.807, 2.05) is 134 Å². The molecule has 418 valence electrons.